The zero-order valence-corrected chi connectivity index (χ0v) is 14.0. The third kappa shape index (κ3) is 2.94. The number of thiophene rings is 1. The van der Waals surface area contributed by atoms with Gasteiger partial charge in [0.2, 0.25) is 0 Å². The van der Waals surface area contributed by atoms with Crippen molar-refractivity contribution in [3.05, 3.63) is 22.5 Å². The van der Waals surface area contributed by atoms with Crippen molar-refractivity contribution in [3.8, 4) is 10.6 Å². The van der Waals surface area contributed by atoms with Crippen LogP contribution in [0.2, 0.25) is 0 Å². The first-order valence-electron chi connectivity index (χ1n) is 6.06. The van der Waals surface area contributed by atoms with E-state index in [1.165, 1.54) is 15.6 Å². The summed E-state index contributed by atoms with van der Waals surface area (Å²) in [6.07, 6.45) is 0. The summed E-state index contributed by atoms with van der Waals surface area (Å²) in [5.74, 6) is 0. The van der Waals surface area contributed by atoms with Gasteiger partial charge < -0.3 is 5.73 Å². The minimum atomic E-state index is -3.48. The number of likely N-dealkylation sites (N-methyl/N-ethyl adjacent to an activating group) is 1. The lowest BCUT2D eigenvalue weighted by atomic mass is 10.4. The average Bonchev–Trinajstić information content (AvgIpc) is 3.05. The van der Waals surface area contributed by atoms with Gasteiger partial charge in [-0.05, 0) is 26.0 Å². The second-order valence-corrected chi connectivity index (χ2v) is 8.85. The number of hydrogen-bond donors (Lipinski definition) is 1. The third-order valence-corrected chi connectivity index (χ3v) is 7.37. The summed E-state index contributed by atoms with van der Waals surface area (Å²) in [4.78, 5) is 5.24. The molecule has 5 nitrogen and oxygen atoms in total. The fourth-order valence-corrected chi connectivity index (χ4v) is 5.11. The Kier molecular flexibility index (Phi) is 4.60. The third-order valence-electron chi connectivity index (χ3n) is 3.05. The molecule has 0 saturated heterocycles. The van der Waals surface area contributed by atoms with Gasteiger partial charge in [-0.1, -0.05) is 0 Å². The van der Waals surface area contributed by atoms with E-state index in [4.69, 9.17) is 5.73 Å². The maximum absolute atomic E-state index is 12.4. The predicted molar refractivity (Wildman–Crippen MR) is 83.6 cm³/mol. The first-order valence-corrected chi connectivity index (χ1v) is 9.20. The molecule has 0 aromatic carbocycles. The summed E-state index contributed by atoms with van der Waals surface area (Å²) in [7, 11) is -1.93. The van der Waals surface area contributed by atoms with E-state index < -0.39 is 10.0 Å². The van der Waals surface area contributed by atoms with E-state index >= 15 is 0 Å². The fraction of sp³-hybridized carbons (Fsp3) is 0.417. The van der Waals surface area contributed by atoms with Gasteiger partial charge in [-0.2, -0.15) is 4.31 Å². The molecule has 2 heterocycles. The van der Waals surface area contributed by atoms with Crippen LogP contribution in [0.4, 0.5) is 0 Å². The number of aromatic nitrogens is 1. The lowest BCUT2D eigenvalue weighted by molar-refractivity contribution is 0.395. The molecule has 2 rings (SSSR count). The van der Waals surface area contributed by atoms with Crippen molar-refractivity contribution in [2.45, 2.75) is 24.1 Å². The van der Waals surface area contributed by atoms with Crippen molar-refractivity contribution in [3.63, 3.8) is 0 Å². The summed E-state index contributed by atoms with van der Waals surface area (Å²) in [6, 6.07) is 3.20. The molecule has 2 aromatic rings. The number of rotatable bonds is 5. The summed E-state index contributed by atoms with van der Waals surface area (Å²) in [6.45, 7) is 4.01. The summed E-state index contributed by atoms with van der Waals surface area (Å²) in [5, 5.41) is 2.90. The van der Waals surface area contributed by atoms with Crippen LogP contribution in [0.5, 0.6) is 0 Å². The van der Waals surface area contributed by atoms with Gasteiger partial charge in [0.1, 0.15) is 4.21 Å². The number of sulfonamides is 1. The molecule has 2 aromatic heterocycles. The zero-order valence-electron chi connectivity index (χ0n) is 11.5. The molecule has 1 unspecified atom stereocenters. The van der Waals surface area contributed by atoms with Crippen molar-refractivity contribution >= 4 is 32.7 Å². The molecule has 0 amide bonds. The van der Waals surface area contributed by atoms with Gasteiger partial charge in [0, 0.05) is 25.0 Å². The Bertz CT molecular complexity index is 690. The highest BCUT2D eigenvalue weighted by Crippen LogP contribution is 2.32. The molecule has 2 N–H and O–H groups in total. The Morgan fingerprint density at radius 1 is 1.45 bits per heavy atom. The molecule has 0 radical (unpaired) electrons. The number of aryl methyl sites for hydroxylation is 1. The molecule has 0 saturated carbocycles. The molecule has 110 valence electrons. The molecule has 20 heavy (non-hydrogen) atoms. The largest absolute Gasteiger partial charge is 0.329 e. The second kappa shape index (κ2) is 5.90. The Morgan fingerprint density at radius 3 is 2.70 bits per heavy atom. The van der Waals surface area contributed by atoms with Gasteiger partial charge >= 0.3 is 0 Å². The first kappa shape index (κ1) is 15.6. The van der Waals surface area contributed by atoms with E-state index in [1.54, 1.807) is 37.4 Å². The van der Waals surface area contributed by atoms with Crippen LogP contribution in [-0.4, -0.2) is 37.3 Å². The summed E-state index contributed by atoms with van der Waals surface area (Å²) in [5.41, 5.74) is 6.36. The van der Waals surface area contributed by atoms with Gasteiger partial charge in [0.15, 0.2) is 0 Å². The minimum Gasteiger partial charge on any atom is -0.329 e. The Morgan fingerprint density at radius 2 is 2.15 bits per heavy atom. The van der Waals surface area contributed by atoms with Crippen LogP contribution in [0.1, 0.15) is 11.9 Å². The molecular formula is C12H17N3O2S3. The zero-order chi connectivity index (χ0) is 14.9. The van der Waals surface area contributed by atoms with E-state index in [9.17, 15) is 8.42 Å². The molecular weight excluding hydrogens is 314 g/mol. The van der Waals surface area contributed by atoms with Crippen LogP contribution in [0.3, 0.4) is 0 Å². The Balaban J connectivity index is 2.33. The van der Waals surface area contributed by atoms with Crippen LogP contribution in [-0.2, 0) is 10.0 Å². The normalized spacial score (nSPS) is 13.8. The minimum absolute atomic E-state index is 0.230. The van der Waals surface area contributed by atoms with E-state index in [2.05, 4.69) is 4.98 Å². The molecule has 0 aliphatic heterocycles. The monoisotopic (exact) mass is 331 g/mol. The predicted octanol–water partition coefficient (Wildman–Crippen LogP) is 2.15. The Hall–Kier alpha value is -0.800. The number of nitrogens with zero attached hydrogens (tertiary/aromatic N) is 2. The first-order chi connectivity index (χ1) is 9.36. The molecule has 8 heteroatoms. The number of nitrogens with two attached hydrogens (primary N) is 1. The van der Waals surface area contributed by atoms with Crippen LogP contribution < -0.4 is 5.73 Å². The van der Waals surface area contributed by atoms with E-state index in [-0.39, 0.29) is 6.04 Å². The Labute approximate surface area is 127 Å². The van der Waals surface area contributed by atoms with Crippen LogP contribution in [0, 0.1) is 6.92 Å². The molecule has 0 aliphatic carbocycles. The van der Waals surface area contributed by atoms with Crippen molar-refractivity contribution in [2.24, 2.45) is 5.73 Å². The molecule has 0 fully saturated rings. The van der Waals surface area contributed by atoms with Crippen molar-refractivity contribution < 1.29 is 8.42 Å². The summed E-state index contributed by atoms with van der Waals surface area (Å²) < 4.78 is 26.5. The fourth-order valence-electron chi connectivity index (χ4n) is 1.60. The van der Waals surface area contributed by atoms with Crippen molar-refractivity contribution in [2.75, 3.05) is 13.6 Å². The lowest BCUT2D eigenvalue weighted by Gasteiger charge is -2.21. The average molecular weight is 331 g/mol. The SMILES string of the molecule is Cc1nc(-c2ccc(S(=O)(=O)N(C)C(C)CN)s2)cs1. The van der Waals surface area contributed by atoms with Gasteiger partial charge in [-0.3, -0.25) is 0 Å². The van der Waals surface area contributed by atoms with Crippen LogP contribution >= 0.6 is 22.7 Å². The van der Waals surface area contributed by atoms with E-state index in [1.807, 2.05) is 12.3 Å². The molecule has 0 spiro atoms. The maximum atomic E-state index is 12.4. The van der Waals surface area contributed by atoms with Crippen molar-refractivity contribution in [1.29, 1.82) is 0 Å². The maximum Gasteiger partial charge on any atom is 0.252 e. The highest BCUT2D eigenvalue weighted by atomic mass is 32.2. The smallest absolute Gasteiger partial charge is 0.252 e. The molecule has 0 bridgehead atoms. The van der Waals surface area contributed by atoms with Gasteiger partial charge in [-0.15, -0.1) is 22.7 Å². The van der Waals surface area contributed by atoms with Gasteiger partial charge in [0.25, 0.3) is 10.0 Å². The summed E-state index contributed by atoms with van der Waals surface area (Å²) >= 11 is 2.79. The van der Waals surface area contributed by atoms with Crippen molar-refractivity contribution in [1.82, 2.24) is 9.29 Å². The highest BCUT2D eigenvalue weighted by molar-refractivity contribution is 7.91. The standard InChI is InChI=1S/C12H17N3O2S3/c1-8(6-13)15(3)20(16,17)12-5-4-11(19-12)10-7-18-9(2)14-10/h4-5,7-8H,6,13H2,1-3H3. The molecule has 1 atom stereocenters. The second-order valence-electron chi connectivity index (χ2n) is 4.48. The topological polar surface area (TPSA) is 76.3 Å². The quantitative estimate of drug-likeness (QED) is 0.911. The molecule has 0 aliphatic rings. The highest BCUT2D eigenvalue weighted by Gasteiger charge is 2.26. The number of thiazole rings is 1. The number of hydrogen-bond acceptors (Lipinski definition) is 6. The van der Waals surface area contributed by atoms with Gasteiger partial charge in [-0.25, -0.2) is 13.4 Å². The van der Waals surface area contributed by atoms with E-state index in [0.717, 1.165) is 15.6 Å². The van der Waals surface area contributed by atoms with E-state index in [0.29, 0.717) is 10.8 Å². The van der Waals surface area contributed by atoms with Crippen LogP contribution in [0.15, 0.2) is 21.7 Å². The van der Waals surface area contributed by atoms with Crippen LogP contribution in [0.25, 0.3) is 10.6 Å². The van der Waals surface area contributed by atoms with Gasteiger partial charge in [0.05, 0.1) is 15.6 Å². The lowest BCUT2D eigenvalue weighted by Crippen LogP contribution is -2.39.